The molecule has 1 aromatic carbocycles. The minimum absolute atomic E-state index is 0.0739. The highest BCUT2D eigenvalue weighted by Crippen LogP contribution is 2.67. The van der Waals surface area contributed by atoms with Gasteiger partial charge in [0.25, 0.3) is 0 Å². The van der Waals surface area contributed by atoms with Gasteiger partial charge in [0, 0.05) is 28.9 Å². The predicted octanol–water partition coefficient (Wildman–Crippen LogP) is 5.82. The van der Waals surface area contributed by atoms with Gasteiger partial charge < -0.3 is 13.9 Å². The Kier molecular flexibility index (Phi) is 4.95. The normalized spacial score (nSPS) is 33.1. The van der Waals surface area contributed by atoms with Gasteiger partial charge in [-0.05, 0) is 71.9 Å². The van der Waals surface area contributed by atoms with Crippen LogP contribution in [-0.4, -0.2) is 25.0 Å². The Morgan fingerprint density at radius 2 is 1.91 bits per heavy atom. The SMILES string of the molecule is COc1cc2c(c(C)c1-c1ccoc1)CC1C3(C)C=CC(=O)C(C)(C)C3CC(OC(C)=O)C21C. The molecule has 5 heteroatoms. The molecule has 5 unspecified atom stereocenters. The van der Waals surface area contributed by atoms with Crippen LogP contribution in [0.15, 0.2) is 41.2 Å². The lowest BCUT2D eigenvalue weighted by Crippen LogP contribution is -2.61. The molecule has 0 bridgehead atoms. The Hall–Kier alpha value is -2.82. The number of hydrogen-bond acceptors (Lipinski definition) is 5. The predicted molar refractivity (Wildman–Crippen MR) is 130 cm³/mol. The first kappa shape index (κ1) is 22.9. The van der Waals surface area contributed by atoms with Crippen molar-refractivity contribution in [3.8, 4) is 16.9 Å². The molecule has 0 saturated heterocycles. The molecular weight excluding hydrogens is 428 g/mol. The average Bonchev–Trinajstić information content (AvgIpc) is 3.40. The number of rotatable bonds is 3. The summed E-state index contributed by atoms with van der Waals surface area (Å²) in [5, 5.41) is 0. The first-order chi connectivity index (χ1) is 16.0. The number of carbonyl (C=O) groups is 2. The van der Waals surface area contributed by atoms with E-state index in [9.17, 15) is 9.59 Å². The summed E-state index contributed by atoms with van der Waals surface area (Å²) in [6.45, 7) is 12.3. The maximum Gasteiger partial charge on any atom is 0.302 e. The van der Waals surface area contributed by atoms with E-state index in [1.807, 2.05) is 19.9 Å². The Morgan fingerprint density at radius 3 is 2.53 bits per heavy atom. The van der Waals surface area contributed by atoms with E-state index in [2.05, 4.69) is 32.9 Å². The molecule has 3 aliphatic carbocycles. The number of fused-ring (bicyclic) bond motifs is 5. The van der Waals surface area contributed by atoms with Gasteiger partial charge in [0.15, 0.2) is 5.78 Å². The standard InChI is InChI=1S/C29H34O5/c1-16-19-12-23-28(5)10-8-24(31)27(3,4)22(28)14-25(34-17(2)30)29(23,6)20(19)13-21(32-7)26(16)18-9-11-33-15-18/h8-11,13,15,22-23,25H,12,14H2,1-7H3. The third-order valence-corrected chi connectivity index (χ3v) is 9.45. The largest absolute Gasteiger partial charge is 0.496 e. The molecule has 1 saturated carbocycles. The van der Waals surface area contributed by atoms with E-state index in [1.165, 1.54) is 23.6 Å². The smallest absolute Gasteiger partial charge is 0.302 e. The van der Waals surface area contributed by atoms with Crippen molar-refractivity contribution in [2.24, 2.45) is 22.7 Å². The number of ether oxygens (including phenoxy) is 2. The topological polar surface area (TPSA) is 65.7 Å². The van der Waals surface area contributed by atoms with Crippen molar-refractivity contribution in [1.82, 2.24) is 0 Å². The highest BCUT2D eigenvalue weighted by Gasteiger charge is 2.66. The fourth-order valence-electron chi connectivity index (χ4n) is 7.64. The van der Waals surface area contributed by atoms with E-state index in [1.54, 1.807) is 25.7 Å². The molecule has 0 radical (unpaired) electrons. The van der Waals surface area contributed by atoms with Crippen LogP contribution in [0, 0.1) is 29.6 Å². The summed E-state index contributed by atoms with van der Waals surface area (Å²) >= 11 is 0. The van der Waals surface area contributed by atoms with Crippen LogP contribution < -0.4 is 4.74 Å². The summed E-state index contributed by atoms with van der Waals surface area (Å²) in [5.74, 6) is 0.907. The van der Waals surface area contributed by atoms with Crippen molar-refractivity contribution < 1.29 is 23.5 Å². The molecule has 0 spiro atoms. The average molecular weight is 463 g/mol. The fraction of sp³-hybridized carbons (Fsp3) is 0.517. The second kappa shape index (κ2) is 7.34. The second-order valence-electron chi connectivity index (χ2n) is 11.3. The third kappa shape index (κ3) is 2.85. The van der Waals surface area contributed by atoms with Crippen molar-refractivity contribution >= 4 is 11.8 Å². The molecule has 1 fully saturated rings. The quantitative estimate of drug-likeness (QED) is 0.538. The zero-order valence-corrected chi connectivity index (χ0v) is 21.2. The van der Waals surface area contributed by atoms with Crippen molar-refractivity contribution in [3.05, 3.63) is 53.5 Å². The van der Waals surface area contributed by atoms with E-state index in [0.29, 0.717) is 6.42 Å². The van der Waals surface area contributed by atoms with Gasteiger partial charge in [-0.2, -0.15) is 0 Å². The fourth-order valence-corrected chi connectivity index (χ4v) is 7.64. The summed E-state index contributed by atoms with van der Waals surface area (Å²) < 4.78 is 17.3. The highest BCUT2D eigenvalue weighted by atomic mass is 16.5. The van der Waals surface area contributed by atoms with Crippen LogP contribution in [0.4, 0.5) is 0 Å². The zero-order chi connectivity index (χ0) is 24.6. The van der Waals surface area contributed by atoms with Gasteiger partial charge in [-0.3, -0.25) is 9.59 Å². The number of benzene rings is 1. The number of allylic oxidation sites excluding steroid dienone is 2. The molecule has 2 aromatic rings. The summed E-state index contributed by atoms with van der Waals surface area (Å²) in [4.78, 5) is 25.2. The molecular formula is C29H34O5. The Labute approximate surface area is 201 Å². The van der Waals surface area contributed by atoms with Crippen LogP contribution in [0.2, 0.25) is 0 Å². The van der Waals surface area contributed by atoms with E-state index in [-0.39, 0.29) is 35.1 Å². The second-order valence-corrected chi connectivity index (χ2v) is 11.3. The first-order valence-corrected chi connectivity index (χ1v) is 12.1. The van der Waals surface area contributed by atoms with Gasteiger partial charge in [-0.1, -0.05) is 33.8 Å². The maximum atomic E-state index is 12.9. The minimum atomic E-state index is -0.521. The van der Waals surface area contributed by atoms with Gasteiger partial charge in [0.05, 0.1) is 19.6 Å². The third-order valence-electron chi connectivity index (χ3n) is 9.45. The van der Waals surface area contributed by atoms with Gasteiger partial charge >= 0.3 is 5.97 Å². The number of ketones is 1. The Morgan fingerprint density at radius 1 is 1.18 bits per heavy atom. The Balaban J connectivity index is 1.76. The minimum Gasteiger partial charge on any atom is -0.496 e. The molecule has 1 heterocycles. The summed E-state index contributed by atoms with van der Waals surface area (Å²) in [5.41, 5.74) is 4.53. The van der Waals surface area contributed by atoms with E-state index < -0.39 is 10.8 Å². The Bertz CT molecular complexity index is 1200. The molecule has 34 heavy (non-hydrogen) atoms. The molecule has 3 aliphatic rings. The van der Waals surface area contributed by atoms with Gasteiger partial charge in [-0.15, -0.1) is 0 Å². The molecule has 0 N–H and O–H groups in total. The molecule has 5 nitrogen and oxygen atoms in total. The maximum absolute atomic E-state index is 12.9. The van der Waals surface area contributed by atoms with Gasteiger partial charge in [0.1, 0.15) is 11.9 Å². The molecule has 5 atom stereocenters. The molecule has 1 aromatic heterocycles. The molecule has 0 amide bonds. The number of methoxy groups -OCH3 is 1. The van der Waals surface area contributed by atoms with Crippen LogP contribution in [0.3, 0.4) is 0 Å². The van der Waals surface area contributed by atoms with Crippen LogP contribution in [0.1, 0.15) is 57.7 Å². The summed E-state index contributed by atoms with van der Waals surface area (Å²) in [7, 11) is 1.69. The van der Waals surface area contributed by atoms with Gasteiger partial charge in [0.2, 0.25) is 0 Å². The lowest BCUT2D eigenvalue weighted by Gasteiger charge is -2.60. The van der Waals surface area contributed by atoms with E-state index in [0.717, 1.165) is 23.3 Å². The van der Waals surface area contributed by atoms with Gasteiger partial charge in [-0.25, -0.2) is 0 Å². The number of carbonyl (C=O) groups excluding carboxylic acids is 2. The number of esters is 1. The van der Waals surface area contributed by atoms with Crippen LogP contribution in [0.5, 0.6) is 5.75 Å². The van der Waals surface area contributed by atoms with Crippen molar-refractivity contribution in [2.45, 2.75) is 65.9 Å². The van der Waals surface area contributed by atoms with Crippen molar-refractivity contribution in [2.75, 3.05) is 7.11 Å². The summed E-state index contributed by atoms with van der Waals surface area (Å²) in [6.07, 6.45) is 8.54. The number of furan rings is 1. The lowest BCUT2D eigenvalue weighted by atomic mass is 9.44. The first-order valence-electron chi connectivity index (χ1n) is 12.1. The summed E-state index contributed by atoms with van der Waals surface area (Å²) in [6, 6.07) is 4.10. The molecule has 5 rings (SSSR count). The van der Waals surface area contributed by atoms with Crippen LogP contribution in [-0.2, 0) is 26.2 Å². The van der Waals surface area contributed by atoms with Crippen molar-refractivity contribution in [3.63, 3.8) is 0 Å². The molecule has 180 valence electrons. The molecule has 0 aliphatic heterocycles. The van der Waals surface area contributed by atoms with Crippen molar-refractivity contribution in [1.29, 1.82) is 0 Å². The van der Waals surface area contributed by atoms with E-state index >= 15 is 0 Å². The number of hydrogen-bond donors (Lipinski definition) is 0. The highest BCUT2D eigenvalue weighted by molar-refractivity contribution is 5.96. The van der Waals surface area contributed by atoms with Crippen LogP contribution >= 0.6 is 0 Å². The lowest BCUT2D eigenvalue weighted by molar-refractivity contribution is -0.169. The monoisotopic (exact) mass is 462 g/mol. The zero-order valence-electron chi connectivity index (χ0n) is 21.2. The van der Waals surface area contributed by atoms with E-state index in [4.69, 9.17) is 13.9 Å². The van der Waals surface area contributed by atoms with Crippen LogP contribution in [0.25, 0.3) is 11.1 Å².